The minimum absolute atomic E-state index is 0.560. The Bertz CT molecular complexity index is 270. The Morgan fingerprint density at radius 3 is 2.07 bits per heavy atom. The number of ether oxygens (including phenoxy) is 1. The maximum atomic E-state index is 12.7. The molecule has 14 heavy (non-hydrogen) atoms. The first-order valence-corrected chi connectivity index (χ1v) is 3.38. The van der Waals surface area contributed by atoms with E-state index in [0.29, 0.717) is 13.0 Å². The lowest BCUT2D eigenvalue weighted by Crippen LogP contribution is -2.14. The van der Waals surface area contributed by atoms with Crippen LogP contribution in [0.5, 0.6) is 0 Å². The van der Waals surface area contributed by atoms with E-state index in [1.165, 1.54) is 0 Å². The largest absolute Gasteiger partial charge is 0.573 e. The van der Waals surface area contributed by atoms with Crippen molar-refractivity contribution in [2.45, 2.75) is 13.3 Å². The molecule has 0 bridgehead atoms. The lowest BCUT2D eigenvalue weighted by Gasteiger charge is -2.10. The normalized spacial score (nSPS) is 14.9. The Balaban J connectivity index is 4.92. The van der Waals surface area contributed by atoms with Gasteiger partial charge in [-0.3, -0.25) is 0 Å². The van der Waals surface area contributed by atoms with Crippen molar-refractivity contribution in [2.24, 2.45) is 0 Å². The van der Waals surface area contributed by atoms with Gasteiger partial charge in [0.2, 0.25) is 0 Å². The highest BCUT2D eigenvalue weighted by Gasteiger charge is 2.34. The van der Waals surface area contributed by atoms with Crippen molar-refractivity contribution in [1.29, 1.82) is 0 Å². The van der Waals surface area contributed by atoms with Gasteiger partial charge < -0.3 is 4.74 Å². The Kier molecular flexibility index (Phi) is 4.33. The van der Waals surface area contributed by atoms with Crippen LogP contribution in [0.4, 0.5) is 22.0 Å². The summed E-state index contributed by atoms with van der Waals surface area (Å²) in [4.78, 5) is 0. The van der Waals surface area contributed by atoms with Gasteiger partial charge in [0.1, 0.15) is 5.83 Å². The van der Waals surface area contributed by atoms with E-state index >= 15 is 0 Å². The number of allylic oxidation sites excluding steroid dienone is 4. The van der Waals surface area contributed by atoms with Crippen molar-refractivity contribution in [1.82, 2.24) is 0 Å². The van der Waals surface area contributed by atoms with Crippen LogP contribution < -0.4 is 0 Å². The van der Waals surface area contributed by atoms with Crippen molar-refractivity contribution in [3.05, 3.63) is 36.1 Å². The smallest absolute Gasteiger partial charge is 0.400 e. The van der Waals surface area contributed by atoms with Crippen LogP contribution in [0.1, 0.15) is 6.92 Å². The molecule has 0 spiro atoms. The number of hydrogen-bond donors (Lipinski definition) is 0. The van der Waals surface area contributed by atoms with Gasteiger partial charge in [-0.2, -0.15) is 0 Å². The molecule has 1 nitrogen and oxygen atoms in total. The lowest BCUT2D eigenvalue weighted by atomic mass is 10.3. The van der Waals surface area contributed by atoms with Crippen molar-refractivity contribution in [3.63, 3.8) is 0 Å². The van der Waals surface area contributed by atoms with E-state index < -0.39 is 23.8 Å². The molecule has 0 aliphatic carbocycles. The molecule has 0 radical (unpaired) electrons. The van der Waals surface area contributed by atoms with Crippen molar-refractivity contribution >= 4 is 0 Å². The van der Waals surface area contributed by atoms with Crippen LogP contribution in [0.2, 0.25) is 0 Å². The van der Waals surface area contributed by atoms with Gasteiger partial charge in [0.05, 0.1) is 0 Å². The third-order valence-corrected chi connectivity index (χ3v) is 1.01. The number of alkyl halides is 3. The summed E-state index contributed by atoms with van der Waals surface area (Å²) in [5.74, 6) is -4.37. The fraction of sp³-hybridized carbons (Fsp3) is 0.250. The molecule has 0 saturated carbocycles. The van der Waals surface area contributed by atoms with Gasteiger partial charge in [-0.05, 0) is 13.0 Å². The molecule has 0 aromatic rings. The van der Waals surface area contributed by atoms with Crippen LogP contribution in [0.25, 0.3) is 0 Å². The number of hydrogen-bond acceptors (Lipinski definition) is 1. The van der Waals surface area contributed by atoms with E-state index in [0.717, 1.165) is 6.08 Å². The molecular formula is C8H7F5O. The monoisotopic (exact) mass is 214 g/mol. The summed E-state index contributed by atoms with van der Waals surface area (Å²) in [6.07, 6.45) is -3.70. The quantitative estimate of drug-likeness (QED) is 0.394. The maximum Gasteiger partial charge on any atom is 0.573 e. The molecule has 0 aliphatic heterocycles. The summed E-state index contributed by atoms with van der Waals surface area (Å²) in [6, 6.07) is 0. The van der Waals surface area contributed by atoms with E-state index in [1.54, 1.807) is 0 Å². The van der Waals surface area contributed by atoms with Gasteiger partial charge in [0.15, 0.2) is 11.6 Å². The van der Waals surface area contributed by atoms with E-state index in [1.807, 2.05) is 0 Å². The number of rotatable bonds is 3. The molecule has 0 aliphatic rings. The summed E-state index contributed by atoms with van der Waals surface area (Å²) >= 11 is 0. The molecule has 0 aromatic carbocycles. The average Bonchev–Trinajstić information content (AvgIpc) is 1.98. The Labute approximate surface area is 77.2 Å². The summed E-state index contributed by atoms with van der Waals surface area (Å²) < 4.78 is 63.1. The Morgan fingerprint density at radius 2 is 1.79 bits per heavy atom. The fourth-order valence-corrected chi connectivity index (χ4v) is 0.579. The van der Waals surface area contributed by atoms with Crippen LogP contribution in [0.15, 0.2) is 36.1 Å². The Morgan fingerprint density at radius 1 is 1.29 bits per heavy atom. The second kappa shape index (κ2) is 4.78. The molecule has 0 atom stereocenters. The highest BCUT2D eigenvalue weighted by atomic mass is 19.4. The maximum absolute atomic E-state index is 12.7. The Hall–Kier alpha value is -1.33. The molecule has 80 valence electrons. The lowest BCUT2D eigenvalue weighted by molar-refractivity contribution is -0.305. The van der Waals surface area contributed by atoms with Gasteiger partial charge in [0, 0.05) is 0 Å². The van der Waals surface area contributed by atoms with Crippen molar-refractivity contribution in [2.75, 3.05) is 0 Å². The van der Waals surface area contributed by atoms with Crippen LogP contribution in [0.3, 0.4) is 0 Å². The molecule has 0 heterocycles. The molecule has 0 rings (SSSR count). The molecule has 0 aromatic heterocycles. The first kappa shape index (κ1) is 12.7. The summed E-state index contributed by atoms with van der Waals surface area (Å²) in [6.45, 7) is 3.69. The molecule has 0 saturated heterocycles. The standard InChI is InChI=1S/C8H7F5O/c1-3-4-6(10)7(5(2)9)14-8(11,12)13/h3-4H,1H2,2H3. The summed E-state index contributed by atoms with van der Waals surface area (Å²) in [5.41, 5.74) is 0. The predicted molar refractivity (Wildman–Crippen MR) is 40.3 cm³/mol. The second-order valence-electron chi connectivity index (χ2n) is 2.16. The van der Waals surface area contributed by atoms with Crippen LogP contribution in [-0.2, 0) is 4.74 Å². The van der Waals surface area contributed by atoms with E-state index in [2.05, 4.69) is 11.3 Å². The summed E-state index contributed by atoms with van der Waals surface area (Å²) in [7, 11) is 0. The molecule has 0 unspecified atom stereocenters. The zero-order chi connectivity index (χ0) is 11.4. The summed E-state index contributed by atoms with van der Waals surface area (Å²) in [5, 5.41) is 0. The zero-order valence-corrected chi connectivity index (χ0v) is 7.16. The fourth-order valence-electron chi connectivity index (χ4n) is 0.579. The van der Waals surface area contributed by atoms with E-state index in [4.69, 9.17) is 0 Å². The molecule has 0 N–H and O–H groups in total. The van der Waals surface area contributed by atoms with Gasteiger partial charge in [0.25, 0.3) is 0 Å². The van der Waals surface area contributed by atoms with Crippen LogP contribution in [-0.4, -0.2) is 6.36 Å². The first-order chi connectivity index (χ1) is 6.28. The van der Waals surface area contributed by atoms with Gasteiger partial charge in [-0.25, -0.2) is 8.78 Å². The average molecular weight is 214 g/mol. The third kappa shape index (κ3) is 4.64. The highest BCUT2D eigenvalue weighted by Crippen LogP contribution is 2.28. The first-order valence-electron chi connectivity index (χ1n) is 3.38. The van der Waals surface area contributed by atoms with Gasteiger partial charge in [-0.1, -0.05) is 12.7 Å². The van der Waals surface area contributed by atoms with E-state index in [-0.39, 0.29) is 0 Å². The van der Waals surface area contributed by atoms with Crippen molar-refractivity contribution < 1.29 is 26.7 Å². The SMILES string of the molecule is C=CC=C(F)C(OC(F)(F)F)=C(C)F. The van der Waals surface area contributed by atoms with Crippen LogP contribution in [0, 0.1) is 0 Å². The third-order valence-electron chi connectivity index (χ3n) is 1.01. The van der Waals surface area contributed by atoms with Gasteiger partial charge >= 0.3 is 6.36 Å². The van der Waals surface area contributed by atoms with E-state index in [9.17, 15) is 22.0 Å². The van der Waals surface area contributed by atoms with Crippen molar-refractivity contribution in [3.8, 4) is 0 Å². The minimum atomic E-state index is -5.13. The molecule has 6 heteroatoms. The number of halogens is 5. The highest BCUT2D eigenvalue weighted by molar-refractivity contribution is 5.24. The predicted octanol–water partition coefficient (Wildman–Crippen LogP) is 3.76. The second-order valence-corrected chi connectivity index (χ2v) is 2.16. The topological polar surface area (TPSA) is 9.23 Å². The molecule has 0 fully saturated rings. The zero-order valence-electron chi connectivity index (χ0n) is 7.16. The minimum Gasteiger partial charge on any atom is -0.400 e. The molecule has 0 amide bonds. The van der Waals surface area contributed by atoms with Gasteiger partial charge in [-0.15, -0.1) is 13.2 Å². The van der Waals surface area contributed by atoms with Crippen LogP contribution >= 0.6 is 0 Å². The molecular weight excluding hydrogens is 207 g/mol.